The molecule has 3 aromatic heterocycles. The fourth-order valence-electron chi connectivity index (χ4n) is 4.25. The molecule has 0 spiro atoms. The van der Waals surface area contributed by atoms with Crippen molar-refractivity contribution in [3.8, 4) is 16.8 Å². The Morgan fingerprint density at radius 3 is 2.47 bits per heavy atom. The van der Waals surface area contributed by atoms with E-state index in [0.29, 0.717) is 30.7 Å². The highest BCUT2D eigenvalue weighted by atomic mass is 16.2. The van der Waals surface area contributed by atoms with E-state index in [1.54, 1.807) is 15.6 Å². The maximum absolute atomic E-state index is 12.7. The van der Waals surface area contributed by atoms with Crippen LogP contribution in [0.1, 0.15) is 31.7 Å². The second kappa shape index (κ2) is 8.89. The molecule has 0 aliphatic heterocycles. The zero-order chi connectivity index (χ0) is 23.7. The number of tetrazole rings is 1. The van der Waals surface area contributed by atoms with Crippen molar-refractivity contribution in [3.05, 3.63) is 87.1 Å². The van der Waals surface area contributed by atoms with Crippen LogP contribution in [0, 0.1) is 0 Å². The molecule has 0 aliphatic rings. The van der Waals surface area contributed by atoms with Crippen LogP contribution in [-0.2, 0) is 19.5 Å². The number of aryl methyl sites for hydroxylation is 2. The van der Waals surface area contributed by atoms with Crippen LogP contribution in [0.4, 0.5) is 0 Å². The van der Waals surface area contributed by atoms with Gasteiger partial charge in [0.05, 0.1) is 5.69 Å². The van der Waals surface area contributed by atoms with Gasteiger partial charge in [-0.15, -0.1) is 5.10 Å². The van der Waals surface area contributed by atoms with Crippen LogP contribution in [0.3, 0.4) is 0 Å². The SMILES string of the molecule is CCCn1c(=O)[nH]c(=O)c2c1nc(CC)n2Cc1ccc(-c2ccccc2-n2cnnn2)cc1. The van der Waals surface area contributed by atoms with E-state index in [2.05, 4.69) is 25.5 Å². The molecular formula is C24H24N8O2. The van der Waals surface area contributed by atoms with Crippen LogP contribution >= 0.6 is 0 Å². The van der Waals surface area contributed by atoms with Gasteiger partial charge in [0.15, 0.2) is 11.2 Å². The molecule has 10 heteroatoms. The lowest BCUT2D eigenvalue weighted by atomic mass is 10.0. The van der Waals surface area contributed by atoms with E-state index in [1.165, 1.54) is 0 Å². The highest BCUT2D eigenvalue weighted by Crippen LogP contribution is 2.26. The number of aromatic nitrogens is 8. The predicted molar refractivity (Wildman–Crippen MR) is 128 cm³/mol. The first kappa shape index (κ1) is 21.5. The fraction of sp³-hybridized carbons (Fsp3) is 0.250. The number of nitrogens with zero attached hydrogens (tertiary/aromatic N) is 7. The molecule has 172 valence electrons. The summed E-state index contributed by atoms with van der Waals surface area (Å²) in [5, 5.41) is 11.5. The van der Waals surface area contributed by atoms with Crippen LogP contribution in [0.2, 0.25) is 0 Å². The molecule has 0 unspecified atom stereocenters. The molecule has 5 aromatic rings. The summed E-state index contributed by atoms with van der Waals surface area (Å²) in [6.07, 6.45) is 2.98. The van der Waals surface area contributed by atoms with Crippen LogP contribution < -0.4 is 11.2 Å². The Kier molecular flexibility index (Phi) is 5.62. The third kappa shape index (κ3) is 3.72. The van der Waals surface area contributed by atoms with E-state index in [4.69, 9.17) is 0 Å². The predicted octanol–water partition coefficient (Wildman–Crippen LogP) is 2.55. The van der Waals surface area contributed by atoms with Crippen molar-refractivity contribution in [1.82, 2.24) is 39.3 Å². The third-order valence-electron chi connectivity index (χ3n) is 5.83. The average molecular weight is 457 g/mol. The van der Waals surface area contributed by atoms with Crippen molar-refractivity contribution in [2.75, 3.05) is 0 Å². The molecule has 0 saturated heterocycles. The topological polar surface area (TPSA) is 116 Å². The maximum atomic E-state index is 12.7. The first-order chi connectivity index (χ1) is 16.6. The molecule has 0 amide bonds. The summed E-state index contributed by atoms with van der Waals surface area (Å²) in [4.78, 5) is 32.2. The van der Waals surface area contributed by atoms with Gasteiger partial charge in [0.2, 0.25) is 0 Å². The van der Waals surface area contributed by atoms with Gasteiger partial charge in [-0.2, -0.15) is 4.68 Å². The number of rotatable bonds is 7. The third-order valence-corrected chi connectivity index (χ3v) is 5.83. The summed E-state index contributed by atoms with van der Waals surface area (Å²) in [6.45, 7) is 4.96. The summed E-state index contributed by atoms with van der Waals surface area (Å²) >= 11 is 0. The van der Waals surface area contributed by atoms with Crippen molar-refractivity contribution < 1.29 is 0 Å². The highest BCUT2D eigenvalue weighted by molar-refractivity contribution is 5.73. The summed E-state index contributed by atoms with van der Waals surface area (Å²) in [6, 6.07) is 16.1. The van der Waals surface area contributed by atoms with Gasteiger partial charge < -0.3 is 4.57 Å². The summed E-state index contributed by atoms with van der Waals surface area (Å²) in [5.74, 6) is 0.768. The Bertz CT molecular complexity index is 1560. The van der Waals surface area contributed by atoms with Gasteiger partial charge in [-0.3, -0.25) is 14.3 Å². The Balaban J connectivity index is 1.54. The molecule has 10 nitrogen and oxygen atoms in total. The van der Waals surface area contributed by atoms with Gasteiger partial charge >= 0.3 is 5.69 Å². The zero-order valence-corrected chi connectivity index (χ0v) is 19.0. The molecule has 34 heavy (non-hydrogen) atoms. The van der Waals surface area contributed by atoms with Gasteiger partial charge in [0.1, 0.15) is 12.2 Å². The van der Waals surface area contributed by atoms with Crippen molar-refractivity contribution >= 4 is 11.2 Å². The Labute approximate surface area is 194 Å². The van der Waals surface area contributed by atoms with Crippen LogP contribution in [0.25, 0.3) is 28.0 Å². The molecule has 0 fully saturated rings. The van der Waals surface area contributed by atoms with E-state index in [9.17, 15) is 9.59 Å². The minimum Gasteiger partial charge on any atom is -0.318 e. The van der Waals surface area contributed by atoms with Crippen molar-refractivity contribution in [2.45, 2.75) is 39.8 Å². The van der Waals surface area contributed by atoms with Crippen molar-refractivity contribution in [3.63, 3.8) is 0 Å². The van der Waals surface area contributed by atoms with E-state index in [1.807, 2.05) is 66.9 Å². The van der Waals surface area contributed by atoms with Gasteiger partial charge in [-0.1, -0.05) is 56.3 Å². The minimum atomic E-state index is -0.419. The second-order valence-corrected chi connectivity index (χ2v) is 8.02. The first-order valence-corrected chi connectivity index (χ1v) is 11.2. The molecule has 0 radical (unpaired) electrons. The molecule has 0 atom stereocenters. The molecule has 3 heterocycles. The van der Waals surface area contributed by atoms with E-state index in [0.717, 1.165) is 34.6 Å². The van der Waals surface area contributed by atoms with E-state index >= 15 is 0 Å². The monoisotopic (exact) mass is 456 g/mol. The number of fused-ring (bicyclic) bond motifs is 1. The Morgan fingerprint density at radius 1 is 0.971 bits per heavy atom. The van der Waals surface area contributed by atoms with E-state index < -0.39 is 11.2 Å². The second-order valence-electron chi connectivity index (χ2n) is 8.02. The standard InChI is InChI=1S/C24H24N8O2/c1-3-13-30-22-21(23(33)27-24(30)34)31(20(4-2)26-22)14-16-9-11-17(12-10-16)18-7-5-6-8-19(18)32-15-25-28-29-32/h5-12,15H,3-4,13-14H2,1-2H3,(H,27,33,34). The van der Waals surface area contributed by atoms with Crippen molar-refractivity contribution in [1.29, 1.82) is 0 Å². The Hall–Kier alpha value is -4.34. The van der Waals surface area contributed by atoms with Crippen LogP contribution in [0.5, 0.6) is 0 Å². The van der Waals surface area contributed by atoms with Gasteiger partial charge in [-0.05, 0) is 34.0 Å². The van der Waals surface area contributed by atoms with E-state index in [-0.39, 0.29) is 0 Å². The number of H-pyrrole nitrogens is 1. The van der Waals surface area contributed by atoms with Crippen LogP contribution in [-0.4, -0.2) is 39.3 Å². The molecule has 0 saturated carbocycles. The lowest BCUT2D eigenvalue weighted by Gasteiger charge is -2.11. The number of aromatic amines is 1. The summed E-state index contributed by atoms with van der Waals surface area (Å²) in [7, 11) is 0. The molecule has 2 aromatic carbocycles. The number of hydrogen-bond acceptors (Lipinski definition) is 6. The lowest BCUT2D eigenvalue weighted by molar-refractivity contribution is 0.652. The smallest absolute Gasteiger partial charge is 0.318 e. The molecule has 0 bridgehead atoms. The number of benzene rings is 2. The first-order valence-electron chi connectivity index (χ1n) is 11.2. The van der Waals surface area contributed by atoms with Crippen LogP contribution in [0.15, 0.2) is 64.4 Å². The number of nitrogens with one attached hydrogen (secondary N) is 1. The molecule has 0 aliphatic carbocycles. The largest absolute Gasteiger partial charge is 0.330 e. The molecular weight excluding hydrogens is 432 g/mol. The molecule has 1 N–H and O–H groups in total. The summed E-state index contributed by atoms with van der Waals surface area (Å²) < 4.78 is 5.09. The maximum Gasteiger partial charge on any atom is 0.330 e. The number of hydrogen-bond donors (Lipinski definition) is 1. The number of imidazole rings is 1. The average Bonchev–Trinajstić information content (AvgIpc) is 3.51. The zero-order valence-electron chi connectivity index (χ0n) is 19.0. The van der Waals surface area contributed by atoms with Gasteiger partial charge in [-0.25, -0.2) is 9.78 Å². The lowest BCUT2D eigenvalue weighted by Crippen LogP contribution is -2.31. The normalized spacial score (nSPS) is 11.4. The Morgan fingerprint density at radius 2 is 1.76 bits per heavy atom. The summed E-state index contributed by atoms with van der Waals surface area (Å²) in [5.41, 5.74) is 3.97. The highest BCUT2D eigenvalue weighted by Gasteiger charge is 2.18. The van der Waals surface area contributed by atoms with Crippen molar-refractivity contribution in [2.24, 2.45) is 0 Å². The fourth-order valence-corrected chi connectivity index (χ4v) is 4.25. The quantitative estimate of drug-likeness (QED) is 0.402. The number of para-hydroxylation sites is 1. The van der Waals surface area contributed by atoms with Gasteiger partial charge in [0, 0.05) is 25.1 Å². The minimum absolute atomic E-state index is 0.411. The van der Waals surface area contributed by atoms with Gasteiger partial charge in [0.25, 0.3) is 5.56 Å². The molecule has 5 rings (SSSR count).